The molecule has 88 valence electrons. The van der Waals surface area contributed by atoms with E-state index in [9.17, 15) is 22.8 Å². The lowest BCUT2D eigenvalue weighted by molar-refractivity contribution is -0.177. The number of ether oxygens (including phenoxy) is 1. The van der Waals surface area contributed by atoms with Crippen molar-refractivity contribution in [2.75, 3.05) is 5.75 Å². The van der Waals surface area contributed by atoms with Crippen molar-refractivity contribution in [3.63, 3.8) is 0 Å². The highest BCUT2D eigenvalue weighted by Crippen LogP contribution is 2.23. The third-order valence-electron chi connectivity index (χ3n) is 2.05. The molecule has 0 aromatic rings. The molecule has 2 heterocycles. The number of hydroxylamine groups is 2. The zero-order valence-electron chi connectivity index (χ0n) is 7.91. The van der Waals surface area contributed by atoms with E-state index < -0.39 is 33.2 Å². The number of hydrogen-bond donors (Lipinski definition) is 0. The minimum atomic E-state index is -3.32. The smallest absolute Gasteiger partial charge is 0.412 e. The summed E-state index contributed by atoms with van der Waals surface area (Å²) in [5.41, 5.74) is -1.21. The zero-order valence-corrected chi connectivity index (χ0v) is 8.73. The molecule has 1 atom stereocenters. The minimum Gasteiger partial charge on any atom is -0.412 e. The van der Waals surface area contributed by atoms with Crippen LogP contribution in [0.15, 0.2) is 0 Å². The van der Waals surface area contributed by atoms with Crippen molar-refractivity contribution in [3.05, 3.63) is 0 Å². The van der Waals surface area contributed by atoms with E-state index in [0.29, 0.717) is 0 Å². The lowest BCUT2D eigenvalue weighted by atomic mass is 10.4. The highest BCUT2D eigenvalue weighted by molar-refractivity contribution is 7.98. The Morgan fingerprint density at radius 3 is 2.19 bits per heavy atom. The summed E-state index contributed by atoms with van der Waals surface area (Å²) in [6, 6.07) is 0. The van der Waals surface area contributed by atoms with Crippen LogP contribution in [0, 0.1) is 0 Å². The average Bonchev–Trinajstić information content (AvgIpc) is 2.65. The SMILES string of the molecule is O=C(OC1CS1(=O)=O)ON1C(=O)CCC1=O. The Hall–Kier alpha value is -1.64. The van der Waals surface area contributed by atoms with Gasteiger partial charge in [0.1, 0.15) is 5.75 Å². The number of amides is 2. The summed E-state index contributed by atoms with van der Waals surface area (Å²) in [4.78, 5) is 37.3. The van der Waals surface area contributed by atoms with Crippen LogP contribution < -0.4 is 0 Å². The molecule has 0 spiro atoms. The maximum Gasteiger partial charge on any atom is 0.535 e. The Balaban J connectivity index is 1.88. The first-order valence-corrected chi connectivity index (χ1v) is 6.07. The molecule has 2 fully saturated rings. The Kier molecular flexibility index (Phi) is 2.34. The molecule has 0 bridgehead atoms. The second-order valence-corrected chi connectivity index (χ2v) is 5.48. The third kappa shape index (κ3) is 1.98. The second-order valence-electron chi connectivity index (χ2n) is 3.30. The topological polar surface area (TPSA) is 107 Å². The molecule has 2 aliphatic rings. The zero-order chi connectivity index (χ0) is 11.9. The monoisotopic (exact) mass is 249 g/mol. The maximum absolute atomic E-state index is 11.0. The molecule has 0 aliphatic carbocycles. The molecule has 2 saturated heterocycles. The summed E-state index contributed by atoms with van der Waals surface area (Å²) in [5.74, 6) is -1.56. The van der Waals surface area contributed by atoms with Crippen molar-refractivity contribution in [1.82, 2.24) is 5.06 Å². The van der Waals surface area contributed by atoms with E-state index in [2.05, 4.69) is 9.57 Å². The Labute approximate surface area is 90.0 Å². The lowest BCUT2D eigenvalue weighted by Gasteiger charge is -2.11. The Bertz CT molecular complexity index is 451. The summed E-state index contributed by atoms with van der Waals surface area (Å²) in [6.45, 7) is 0. The fourth-order valence-electron chi connectivity index (χ4n) is 1.12. The van der Waals surface area contributed by atoms with E-state index in [0.717, 1.165) is 0 Å². The van der Waals surface area contributed by atoms with Gasteiger partial charge in [-0.1, -0.05) is 5.06 Å². The van der Waals surface area contributed by atoms with Gasteiger partial charge in [-0.2, -0.15) is 0 Å². The number of hydrogen-bond acceptors (Lipinski definition) is 7. The first-order valence-electron chi connectivity index (χ1n) is 4.36. The highest BCUT2D eigenvalue weighted by atomic mass is 32.2. The van der Waals surface area contributed by atoms with Crippen LogP contribution in [0.5, 0.6) is 0 Å². The minimum absolute atomic E-state index is 0.0339. The average molecular weight is 249 g/mol. The van der Waals surface area contributed by atoms with Crippen molar-refractivity contribution in [1.29, 1.82) is 0 Å². The second kappa shape index (κ2) is 3.44. The van der Waals surface area contributed by atoms with Crippen LogP contribution in [0.25, 0.3) is 0 Å². The number of nitrogens with zero attached hydrogens (tertiary/aromatic N) is 1. The molecule has 0 aromatic carbocycles. The molecule has 8 nitrogen and oxygen atoms in total. The van der Waals surface area contributed by atoms with E-state index >= 15 is 0 Å². The van der Waals surface area contributed by atoms with Gasteiger partial charge in [-0.05, 0) is 0 Å². The predicted octanol–water partition coefficient (Wildman–Crippen LogP) is -1.04. The van der Waals surface area contributed by atoms with Gasteiger partial charge < -0.3 is 4.74 Å². The number of carbonyl (C=O) groups excluding carboxylic acids is 3. The number of sulfone groups is 1. The molecule has 2 rings (SSSR count). The van der Waals surface area contributed by atoms with Crippen LogP contribution in [-0.2, 0) is 29.0 Å². The summed E-state index contributed by atoms with van der Waals surface area (Å²) >= 11 is 0. The normalized spacial score (nSPS) is 26.8. The highest BCUT2D eigenvalue weighted by Gasteiger charge is 2.48. The first-order chi connectivity index (χ1) is 7.40. The van der Waals surface area contributed by atoms with Crippen LogP contribution in [0.3, 0.4) is 0 Å². The van der Waals surface area contributed by atoms with Crippen LogP contribution in [0.2, 0.25) is 0 Å². The van der Waals surface area contributed by atoms with Crippen molar-refractivity contribution in [2.45, 2.75) is 18.3 Å². The molecule has 2 amide bonds. The number of imide groups is 1. The summed E-state index contributed by atoms with van der Waals surface area (Å²) < 4.78 is 25.7. The summed E-state index contributed by atoms with van der Waals surface area (Å²) in [7, 11) is -3.32. The molecule has 1 unspecified atom stereocenters. The largest absolute Gasteiger partial charge is 0.535 e. The molecule has 0 N–H and O–H groups in total. The molecule has 0 aromatic heterocycles. The number of carbonyl (C=O) groups is 3. The van der Waals surface area contributed by atoms with Gasteiger partial charge >= 0.3 is 6.16 Å². The van der Waals surface area contributed by atoms with Crippen LogP contribution in [-0.4, -0.2) is 42.6 Å². The van der Waals surface area contributed by atoms with E-state index in [-0.39, 0.29) is 23.7 Å². The van der Waals surface area contributed by atoms with Gasteiger partial charge in [0.15, 0.2) is 9.84 Å². The van der Waals surface area contributed by atoms with Crippen molar-refractivity contribution < 1.29 is 32.4 Å². The van der Waals surface area contributed by atoms with Crippen molar-refractivity contribution in [3.8, 4) is 0 Å². The van der Waals surface area contributed by atoms with Gasteiger partial charge in [0.2, 0.25) is 5.44 Å². The number of rotatable bonds is 2. The van der Waals surface area contributed by atoms with Gasteiger partial charge in [-0.15, -0.1) is 0 Å². The van der Waals surface area contributed by atoms with Gasteiger partial charge in [0.05, 0.1) is 0 Å². The van der Waals surface area contributed by atoms with Gasteiger partial charge in [0.25, 0.3) is 11.8 Å². The summed E-state index contributed by atoms with van der Waals surface area (Å²) in [6.07, 6.45) is -1.43. The van der Waals surface area contributed by atoms with Crippen LogP contribution in [0.1, 0.15) is 12.8 Å². The van der Waals surface area contributed by atoms with Crippen molar-refractivity contribution >= 4 is 27.8 Å². The maximum atomic E-state index is 11.0. The first kappa shape index (κ1) is 10.9. The van der Waals surface area contributed by atoms with E-state index in [1.807, 2.05) is 0 Å². The van der Waals surface area contributed by atoms with Crippen LogP contribution >= 0.6 is 0 Å². The van der Waals surface area contributed by atoms with E-state index in [4.69, 9.17) is 0 Å². The summed E-state index contributed by atoms with van der Waals surface area (Å²) in [5, 5.41) is 0.289. The van der Waals surface area contributed by atoms with Crippen molar-refractivity contribution in [2.24, 2.45) is 0 Å². The van der Waals surface area contributed by atoms with E-state index in [1.165, 1.54) is 0 Å². The molecule has 2 aliphatic heterocycles. The standard InChI is InChI=1S/C7H7NO7S/c9-4-1-2-5(10)8(4)15-7(11)14-6-3-16(6,12)13/h6H,1-3H2. The van der Waals surface area contributed by atoms with Gasteiger partial charge in [0, 0.05) is 12.8 Å². The lowest BCUT2D eigenvalue weighted by Crippen LogP contribution is -2.32. The fourth-order valence-corrected chi connectivity index (χ4v) is 2.05. The quantitative estimate of drug-likeness (QED) is 0.349. The third-order valence-corrected chi connectivity index (χ3v) is 3.46. The molecule has 0 radical (unpaired) electrons. The molecular formula is C7H7NO7S. The Morgan fingerprint density at radius 2 is 1.75 bits per heavy atom. The van der Waals surface area contributed by atoms with Gasteiger partial charge in [-0.3, -0.25) is 14.4 Å². The molecule has 9 heteroatoms. The fraction of sp³-hybridized carbons (Fsp3) is 0.571. The molecule has 0 saturated carbocycles. The molecule has 16 heavy (non-hydrogen) atoms. The van der Waals surface area contributed by atoms with Gasteiger partial charge in [-0.25, -0.2) is 13.2 Å². The van der Waals surface area contributed by atoms with Crippen LogP contribution in [0.4, 0.5) is 4.79 Å². The predicted molar refractivity (Wildman–Crippen MR) is 46.2 cm³/mol. The van der Waals surface area contributed by atoms with E-state index in [1.54, 1.807) is 0 Å². The molecular weight excluding hydrogens is 242 g/mol. The Morgan fingerprint density at radius 1 is 1.25 bits per heavy atom.